The Morgan fingerprint density at radius 2 is 2.33 bits per heavy atom. The summed E-state index contributed by atoms with van der Waals surface area (Å²) in [5.74, 6) is 1.09. The van der Waals surface area contributed by atoms with Crippen molar-refractivity contribution in [2.45, 2.75) is 6.92 Å². The molecule has 0 unspecified atom stereocenters. The molecule has 1 heterocycles. The third-order valence-electron chi connectivity index (χ3n) is 1.99. The molecule has 15 heavy (non-hydrogen) atoms. The van der Waals surface area contributed by atoms with Crippen LogP contribution in [0, 0.1) is 0 Å². The zero-order chi connectivity index (χ0) is 11.3. The molecule has 0 spiro atoms. The van der Waals surface area contributed by atoms with Gasteiger partial charge in [-0.1, -0.05) is 0 Å². The van der Waals surface area contributed by atoms with Gasteiger partial charge in [0, 0.05) is 26.4 Å². The van der Waals surface area contributed by atoms with Crippen LogP contribution in [0.3, 0.4) is 0 Å². The predicted octanol–water partition coefficient (Wildman–Crippen LogP) is 1.29. The zero-order valence-corrected chi connectivity index (χ0v) is 10.5. The molecular weight excluding hydrogens is 260 g/mol. The van der Waals surface area contributed by atoms with Gasteiger partial charge in [0.1, 0.15) is 5.82 Å². The molecule has 0 aromatic carbocycles. The van der Waals surface area contributed by atoms with Crippen molar-refractivity contribution in [3.63, 3.8) is 0 Å². The molecule has 0 saturated heterocycles. The molecular formula is C9H15BrN4O. The molecule has 84 valence electrons. The van der Waals surface area contributed by atoms with Gasteiger partial charge in [0.25, 0.3) is 0 Å². The Labute approximate surface area is 97.8 Å². The first kappa shape index (κ1) is 12.2. The van der Waals surface area contributed by atoms with Crippen molar-refractivity contribution in [3.8, 4) is 0 Å². The summed E-state index contributed by atoms with van der Waals surface area (Å²) in [7, 11) is 1.68. The van der Waals surface area contributed by atoms with E-state index in [0.29, 0.717) is 6.61 Å². The Bertz CT molecular complexity index is 321. The van der Waals surface area contributed by atoms with Crippen LogP contribution in [0.1, 0.15) is 6.92 Å². The minimum absolute atomic E-state index is 0.282. The fourth-order valence-corrected chi connectivity index (χ4v) is 1.65. The van der Waals surface area contributed by atoms with Gasteiger partial charge in [0.15, 0.2) is 0 Å². The number of hydrogen-bond acceptors (Lipinski definition) is 5. The summed E-state index contributed by atoms with van der Waals surface area (Å²) in [5.41, 5.74) is 5.55. The Balaban J connectivity index is 2.85. The maximum atomic E-state index is 5.55. The number of rotatable bonds is 5. The zero-order valence-electron chi connectivity index (χ0n) is 8.90. The van der Waals surface area contributed by atoms with Gasteiger partial charge in [-0.25, -0.2) is 4.98 Å². The van der Waals surface area contributed by atoms with E-state index < -0.39 is 0 Å². The number of hydrogen-bond donors (Lipinski definition) is 1. The Morgan fingerprint density at radius 1 is 1.60 bits per heavy atom. The maximum absolute atomic E-state index is 5.55. The van der Waals surface area contributed by atoms with E-state index in [9.17, 15) is 0 Å². The van der Waals surface area contributed by atoms with Crippen LogP contribution in [0.5, 0.6) is 0 Å². The average Bonchev–Trinajstić information content (AvgIpc) is 2.24. The lowest BCUT2D eigenvalue weighted by molar-refractivity contribution is 0.205. The molecule has 0 aliphatic heterocycles. The lowest BCUT2D eigenvalue weighted by atomic mass is 10.4. The van der Waals surface area contributed by atoms with Crippen molar-refractivity contribution in [2.75, 3.05) is 37.4 Å². The smallest absolute Gasteiger partial charge is 0.222 e. The van der Waals surface area contributed by atoms with E-state index >= 15 is 0 Å². The molecule has 0 aliphatic rings. The third-order valence-corrected chi connectivity index (χ3v) is 2.55. The molecule has 1 aromatic heterocycles. The topological polar surface area (TPSA) is 64.3 Å². The molecule has 0 amide bonds. The molecule has 0 radical (unpaired) electrons. The molecule has 2 N–H and O–H groups in total. The highest BCUT2D eigenvalue weighted by atomic mass is 79.9. The van der Waals surface area contributed by atoms with Crippen molar-refractivity contribution in [1.29, 1.82) is 0 Å². The number of halogens is 1. The predicted molar refractivity (Wildman–Crippen MR) is 63.9 cm³/mol. The molecule has 0 bridgehead atoms. The Hall–Kier alpha value is -0.880. The van der Waals surface area contributed by atoms with Crippen molar-refractivity contribution < 1.29 is 4.74 Å². The number of methoxy groups -OCH3 is 1. The summed E-state index contributed by atoms with van der Waals surface area (Å²) < 4.78 is 5.88. The van der Waals surface area contributed by atoms with E-state index in [1.165, 1.54) is 0 Å². The second kappa shape index (κ2) is 5.87. The number of ether oxygens (including phenoxy) is 1. The first-order valence-electron chi connectivity index (χ1n) is 4.71. The van der Waals surface area contributed by atoms with E-state index in [4.69, 9.17) is 10.5 Å². The highest BCUT2D eigenvalue weighted by Crippen LogP contribution is 2.23. The highest BCUT2D eigenvalue weighted by Gasteiger charge is 2.10. The Kier molecular flexibility index (Phi) is 4.77. The summed E-state index contributed by atoms with van der Waals surface area (Å²) >= 11 is 3.40. The summed E-state index contributed by atoms with van der Waals surface area (Å²) in [6.45, 7) is 4.34. The monoisotopic (exact) mass is 274 g/mol. The van der Waals surface area contributed by atoms with Crippen LogP contribution in [0.4, 0.5) is 11.8 Å². The SMILES string of the molecule is CCN(CCOC)c1nc(N)ncc1Br. The Morgan fingerprint density at radius 3 is 2.93 bits per heavy atom. The van der Waals surface area contributed by atoms with E-state index in [0.717, 1.165) is 23.4 Å². The van der Waals surface area contributed by atoms with E-state index in [1.807, 2.05) is 0 Å². The van der Waals surface area contributed by atoms with Gasteiger partial charge in [0.2, 0.25) is 5.95 Å². The van der Waals surface area contributed by atoms with E-state index in [-0.39, 0.29) is 5.95 Å². The number of nitrogen functional groups attached to an aromatic ring is 1. The molecule has 0 fully saturated rings. The van der Waals surface area contributed by atoms with E-state index in [1.54, 1.807) is 13.3 Å². The number of nitrogens with zero attached hydrogens (tertiary/aromatic N) is 3. The molecule has 0 atom stereocenters. The van der Waals surface area contributed by atoms with Crippen molar-refractivity contribution in [2.24, 2.45) is 0 Å². The van der Waals surface area contributed by atoms with Crippen molar-refractivity contribution in [1.82, 2.24) is 9.97 Å². The van der Waals surface area contributed by atoms with Gasteiger partial charge in [-0.2, -0.15) is 4.98 Å². The first-order valence-corrected chi connectivity index (χ1v) is 5.50. The maximum Gasteiger partial charge on any atom is 0.222 e. The first-order chi connectivity index (χ1) is 7.19. The van der Waals surface area contributed by atoms with Crippen LogP contribution in [-0.2, 0) is 4.74 Å². The molecule has 1 rings (SSSR count). The average molecular weight is 275 g/mol. The molecule has 1 aromatic rings. The van der Waals surface area contributed by atoms with E-state index in [2.05, 4.69) is 37.7 Å². The minimum Gasteiger partial charge on any atom is -0.383 e. The lowest BCUT2D eigenvalue weighted by Crippen LogP contribution is -2.28. The van der Waals surface area contributed by atoms with Gasteiger partial charge >= 0.3 is 0 Å². The third kappa shape index (κ3) is 3.32. The summed E-state index contributed by atoms with van der Waals surface area (Å²) in [4.78, 5) is 10.2. The van der Waals surface area contributed by atoms with Gasteiger partial charge in [-0.05, 0) is 22.9 Å². The quantitative estimate of drug-likeness (QED) is 0.877. The van der Waals surface area contributed by atoms with Crippen LogP contribution >= 0.6 is 15.9 Å². The highest BCUT2D eigenvalue weighted by molar-refractivity contribution is 9.10. The number of nitrogens with two attached hydrogens (primary N) is 1. The van der Waals surface area contributed by atoms with Crippen LogP contribution in [0.15, 0.2) is 10.7 Å². The van der Waals surface area contributed by atoms with Crippen LogP contribution in [0.2, 0.25) is 0 Å². The lowest BCUT2D eigenvalue weighted by Gasteiger charge is -2.22. The largest absolute Gasteiger partial charge is 0.383 e. The molecule has 0 aliphatic carbocycles. The second-order valence-corrected chi connectivity index (χ2v) is 3.83. The fourth-order valence-electron chi connectivity index (χ4n) is 1.21. The van der Waals surface area contributed by atoms with Gasteiger partial charge in [0.05, 0.1) is 11.1 Å². The number of aromatic nitrogens is 2. The standard InChI is InChI=1S/C9H15BrN4O/c1-3-14(4-5-15-2)8-7(10)6-12-9(11)13-8/h6H,3-5H2,1-2H3,(H2,11,12,13). The van der Waals surface area contributed by atoms with Crippen LogP contribution in [-0.4, -0.2) is 36.8 Å². The molecule has 0 saturated carbocycles. The summed E-state index contributed by atoms with van der Waals surface area (Å²) in [5, 5.41) is 0. The van der Waals surface area contributed by atoms with Gasteiger partial charge in [-0.3, -0.25) is 0 Å². The summed E-state index contributed by atoms with van der Waals surface area (Å²) in [6, 6.07) is 0. The van der Waals surface area contributed by atoms with Crippen LogP contribution in [0.25, 0.3) is 0 Å². The molecule has 6 heteroatoms. The van der Waals surface area contributed by atoms with Crippen molar-refractivity contribution in [3.05, 3.63) is 10.7 Å². The normalized spacial score (nSPS) is 10.3. The number of likely N-dealkylation sites (N-methyl/N-ethyl adjacent to an activating group) is 1. The van der Waals surface area contributed by atoms with Crippen LogP contribution < -0.4 is 10.6 Å². The second-order valence-electron chi connectivity index (χ2n) is 2.97. The van der Waals surface area contributed by atoms with Crippen molar-refractivity contribution >= 4 is 27.7 Å². The fraction of sp³-hybridized carbons (Fsp3) is 0.556. The minimum atomic E-state index is 0.282. The summed E-state index contributed by atoms with van der Waals surface area (Å²) in [6.07, 6.45) is 1.66. The molecule has 5 nitrogen and oxygen atoms in total. The van der Waals surface area contributed by atoms with Gasteiger partial charge < -0.3 is 15.4 Å². The number of anilines is 2. The van der Waals surface area contributed by atoms with Gasteiger partial charge in [-0.15, -0.1) is 0 Å².